The molecule has 1 rings (SSSR count). The quantitative estimate of drug-likeness (QED) is 0.735. The number of aliphatic carboxylic acids is 1. The Morgan fingerprint density at radius 1 is 1.37 bits per heavy atom. The molecule has 2 amide bonds. The van der Waals surface area contributed by atoms with Crippen LogP contribution in [0.2, 0.25) is 0 Å². The van der Waals surface area contributed by atoms with E-state index >= 15 is 0 Å². The summed E-state index contributed by atoms with van der Waals surface area (Å²) < 4.78 is 12.9. The summed E-state index contributed by atoms with van der Waals surface area (Å²) >= 11 is 0. The zero-order valence-electron chi connectivity index (χ0n) is 10.6. The van der Waals surface area contributed by atoms with Crippen LogP contribution in [-0.2, 0) is 11.3 Å². The zero-order chi connectivity index (χ0) is 14.3. The molecule has 3 N–H and O–H groups in total. The van der Waals surface area contributed by atoms with Gasteiger partial charge in [-0.25, -0.2) is 9.18 Å². The first-order chi connectivity index (χ1) is 8.97. The Hall–Kier alpha value is -2.11. The third-order valence-corrected chi connectivity index (χ3v) is 2.48. The number of rotatable bonds is 6. The lowest BCUT2D eigenvalue weighted by atomic mass is 10.1. The number of carboxylic acids is 1. The van der Waals surface area contributed by atoms with E-state index in [1.165, 1.54) is 12.1 Å². The molecule has 104 valence electrons. The van der Waals surface area contributed by atoms with Gasteiger partial charge in [-0.2, -0.15) is 0 Å². The first-order valence-corrected chi connectivity index (χ1v) is 5.95. The first kappa shape index (κ1) is 14.9. The maximum atomic E-state index is 12.9. The predicted molar refractivity (Wildman–Crippen MR) is 68.1 cm³/mol. The molecular weight excluding hydrogens is 251 g/mol. The fraction of sp³-hybridized carbons (Fsp3) is 0.385. The molecule has 0 saturated heterocycles. The van der Waals surface area contributed by atoms with Gasteiger partial charge in [0.05, 0.1) is 0 Å². The second-order valence-corrected chi connectivity index (χ2v) is 4.40. The summed E-state index contributed by atoms with van der Waals surface area (Å²) in [5.74, 6) is -1.39. The number of hydrogen-bond acceptors (Lipinski definition) is 2. The Bertz CT molecular complexity index is 451. The van der Waals surface area contributed by atoms with Gasteiger partial charge in [-0.1, -0.05) is 19.1 Å². The number of carbonyl (C=O) groups excluding carboxylic acids is 1. The molecule has 0 bridgehead atoms. The van der Waals surface area contributed by atoms with Gasteiger partial charge in [-0.3, -0.25) is 4.79 Å². The van der Waals surface area contributed by atoms with Crippen molar-refractivity contribution in [2.45, 2.75) is 19.9 Å². The molecule has 5 nitrogen and oxygen atoms in total. The number of amides is 2. The predicted octanol–water partition coefficient (Wildman–Crippen LogP) is 1.74. The Labute approximate surface area is 110 Å². The lowest BCUT2D eigenvalue weighted by Crippen LogP contribution is -2.37. The fourth-order valence-electron chi connectivity index (χ4n) is 1.53. The summed E-state index contributed by atoms with van der Waals surface area (Å²) in [7, 11) is 0. The molecule has 0 aliphatic carbocycles. The number of hydrogen-bond donors (Lipinski definition) is 3. The summed E-state index contributed by atoms with van der Waals surface area (Å²) in [4.78, 5) is 21.9. The van der Waals surface area contributed by atoms with Gasteiger partial charge in [0, 0.05) is 19.5 Å². The van der Waals surface area contributed by atoms with Crippen molar-refractivity contribution in [1.29, 1.82) is 0 Å². The van der Waals surface area contributed by atoms with Crippen molar-refractivity contribution < 1.29 is 19.1 Å². The van der Waals surface area contributed by atoms with Crippen LogP contribution < -0.4 is 10.6 Å². The Balaban J connectivity index is 2.26. The molecule has 0 saturated carbocycles. The minimum Gasteiger partial charge on any atom is -0.481 e. The summed E-state index contributed by atoms with van der Waals surface area (Å²) in [6.07, 6.45) is 0.00414. The van der Waals surface area contributed by atoms with E-state index in [1.54, 1.807) is 19.1 Å². The van der Waals surface area contributed by atoms with Crippen LogP contribution in [0.1, 0.15) is 18.9 Å². The summed E-state index contributed by atoms with van der Waals surface area (Å²) in [6, 6.07) is 5.54. The number of benzene rings is 1. The SMILES string of the molecule is CC(CNC(=O)NCc1cccc(F)c1)CC(=O)O. The van der Waals surface area contributed by atoms with E-state index in [2.05, 4.69) is 10.6 Å². The van der Waals surface area contributed by atoms with Crippen molar-refractivity contribution >= 4 is 12.0 Å². The van der Waals surface area contributed by atoms with Crippen LogP contribution in [0, 0.1) is 11.7 Å². The molecule has 0 radical (unpaired) electrons. The summed E-state index contributed by atoms with van der Waals surface area (Å²) in [6.45, 7) is 2.24. The van der Waals surface area contributed by atoms with Crippen molar-refractivity contribution in [3.05, 3.63) is 35.6 Å². The van der Waals surface area contributed by atoms with Gasteiger partial charge in [0.2, 0.25) is 0 Å². The van der Waals surface area contributed by atoms with Gasteiger partial charge in [0.15, 0.2) is 0 Å². The highest BCUT2D eigenvalue weighted by molar-refractivity contribution is 5.74. The van der Waals surface area contributed by atoms with Crippen molar-refractivity contribution in [2.24, 2.45) is 5.92 Å². The van der Waals surface area contributed by atoms with Crippen LogP contribution in [-0.4, -0.2) is 23.7 Å². The number of halogens is 1. The Morgan fingerprint density at radius 3 is 2.74 bits per heavy atom. The molecule has 0 aromatic heterocycles. The Kier molecular flexibility index (Phi) is 5.78. The highest BCUT2D eigenvalue weighted by Crippen LogP contribution is 2.03. The van der Waals surface area contributed by atoms with Crippen LogP contribution in [0.4, 0.5) is 9.18 Å². The van der Waals surface area contributed by atoms with E-state index in [0.717, 1.165) is 0 Å². The van der Waals surface area contributed by atoms with E-state index in [4.69, 9.17) is 5.11 Å². The molecule has 6 heteroatoms. The zero-order valence-corrected chi connectivity index (χ0v) is 10.6. The lowest BCUT2D eigenvalue weighted by molar-refractivity contribution is -0.137. The maximum absolute atomic E-state index is 12.9. The Morgan fingerprint density at radius 2 is 2.11 bits per heavy atom. The summed E-state index contributed by atoms with van der Waals surface area (Å²) in [5, 5.41) is 13.7. The third kappa shape index (κ3) is 6.40. The normalized spacial score (nSPS) is 11.7. The van der Waals surface area contributed by atoms with Crippen LogP contribution in [0.25, 0.3) is 0 Å². The number of carbonyl (C=O) groups is 2. The molecule has 1 aromatic carbocycles. The average Bonchev–Trinajstić information content (AvgIpc) is 2.33. The fourth-order valence-corrected chi connectivity index (χ4v) is 1.53. The smallest absolute Gasteiger partial charge is 0.315 e. The minimum atomic E-state index is -0.894. The standard InChI is InChI=1S/C13H17FN2O3/c1-9(5-12(17)18)7-15-13(19)16-8-10-3-2-4-11(14)6-10/h2-4,6,9H,5,7-8H2,1H3,(H,17,18)(H2,15,16,19). The second kappa shape index (κ2) is 7.35. The van der Waals surface area contributed by atoms with Crippen LogP contribution in [0.3, 0.4) is 0 Å². The van der Waals surface area contributed by atoms with E-state index < -0.39 is 12.0 Å². The minimum absolute atomic E-state index is 0.00414. The van der Waals surface area contributed by atoms with Gasteiger partial charge in [0.25, 0.3) is 0 Å². The second-order valence-electron chi connectivity index (χ2n) is 4.40. The first-order valence-electron chi connectivity index (χ1n) is 5.95. The van der Waals surface area contributed by atoms with E-state index in [-0.39, 0.29) is 31.2 Å². The van der Waals surface area contributed by atoms with Gasteiger partial charge in [-0.15, -0.1) is 0 Å². The molecule has 1 atom stereocenters. The van der Waals surface area contributed by atoms with Crippen molar-refractivity contribution in [3.63, 3.8) is 0 Å². The van der Waals surface area contributed by atoms with Crippen molar-refractivity contribution in [1.82, 2.24) is 10.6 Å². The van der Waals surface area contributed by atoms with Crippen molar-refractivity contribution in [2.75, 3.05) is 6.54 Å². The number of nitrogens with one attached hydrogen (secondary N) is 2. The lowest BCUT2D eigenvalue weighted by Gasteiger charge is -2.11. The highest BCUT2D eigenvalue weighted by atomic mass is 19.1. The number of carboxylic acid groups (broad SMARTS) is 1. The topological polar surface area (TPSA) is 78.4 Å². The molecule has 1 unspecified atom stereocenters. The number of urea groups is 1. The molecular formula is C13H17FN2O3. The van der Waals surface area contributed by atoms with Gasteiger partial charge < -0.3 is 15.7 Å². The summed E-state index contributed by atoms with van der Waals surface area (Å²) in [5.41, 5.74) is 0.661. The van der Waals surface area contributed by atoms with E-state index in [1.807, 2.05) is 0 Å². The average molecular weight is 268 g/mol. The van der Waals surface area contributed by atoms with Crippen LogP contribution >= 0.6 is 0 Å². The molecule has 19 heavy (non-hydrogen) atoms. The molecule has 1 aromatic rings. The van der Waals surface area contributed by atoms with Gasteiger partial charge >= 0.3 is 12.0 Å². The van der Waals surface area contributed by atoms with E-state index in [9.17, 15) is 14.0 Å². The monoisotopic (exact) mass is 268 g/mol. The third-order valence-electron chi connectivity index (χ3n) is 2.48. The molecule has 0 aliphatic rings. The molecule has 0 fully saturated rings. The van der Waals surface area contributed by atoms with Crippen LogP contribution in [0.5, 0.6) is 0 Å². The molecule has 0 spiro atoms. The van der Waals surface area contributed by atoms with Crippen molar-refractivity contribution in [3.8, 4) is 0 Å². The van der Waals surface area contributed by atoms with E-state index in [0.29, 0.717) is 5.56 Å². The molecule has 0 aliphatic heterocycles. The van der Waals surface area contributed by atoms with Gasteiger partial charge in [0.1, 0.15) is 5.82 Å². The maximum Gasteiger partial charge on any atom is 0.315 e. The molecule has 0 heterocycles. The highest BCUT2D eigenvalue weighted by Gasteiger charge is 2.09. The van der Waals surface area contributed by atoms with Crippen LogP contribution in [0.15, 0.2) is 24.3 Å². The largest absolute Gasteiger partial charge is 0.481 e. The van der Waals surface area contributed by atoms with Gasteiger partial charge in [-0.05, 0) is 23.6 Å².